The average Bonchev–Trinajstić information content (AvgIpc) is 2.48. The fraction of sp³-hybridized carbons (Fsp3) is 0.571. The van der Waals surface area contributed by atoms with Crippen LogP contribution in [0.4, 0.5) is 5.69 Å². The summed E-state index contributed by atoms with van der Waals surface area (Å²) in [6.45, 7) is 5.06. The molecule has 0 spiro atoms. The quantitative estimate of drug-likeness (QED) is 0.691. The van der Waals surface area contributed by atoms with Crippen LogP contribution in [-0.4, -0.2) is 38.9 Å². The highest BCUT2D eigenvalue weighted by atomic mass is 127. The molecule has 1 aromatic carbocycles. The van der Waals surface area contributed by atoms with E-state index in [1.54, 1.807) is 16.4 Å². The molecular weight excluding hydrogens is 401 g/mol. The molecular formula is C14H22IN3O2S. The van der Waals surface area contributed by atoms with Gasteiger partial charge in [0.15, 0.2) is 0 Å². The van der Waals surface area contributed by atoms with Gasteiger partial charge in [-0.1, -0.05) is 6.92 Å². The van der Waals surface area contributed by atoms with Crippen molar-refractivity contribution in [2.75, 3.05) is 30.9 Å². The number of hydrogen-bond donors (Lipinski definition) is 2. The Balaban J connectivity index is 1.99. The van der Waals surface area contributed by atoms with Gasteiger partial charge in [0.1, 0.15) is 0 Å². The predicted molar refractivity (Wildman–Crippen MR) is 94.5 cm³/mol. The van der Waals surface area contributed by atoms with Gasteiger partial charge in [0, 0.05) is 22.3 Å². The summed E-state index contributed by atoms with van der Waals surface area (Å²) in [4.78, 5) is 0. The topological polar surface area (TPSA) is 61.4 Å². The van der Waals surface area contributed by atoms with Gasteiger partial charge in [0.25, 0.3) is 0 Å². The van der Waals surface area contributed by atoms with Gasteiger partial charge in [0.2, 0.25) is 0 Å². The Labute approximate surface area is 140 Å². The van der Waals surface area contributed by atoms with Gasteiger partial charge in [-0.25, -0.2) is 0 Å². The Hall–Kier alpha value is -0.380. The lowest BCUT2D eigenvalue weighted by molar-refractivity contribution is 0.262. The Morgan fingerprint density at radius 2 is 2.05 bits per heavy atom. The summed E-state index contributed by atoms with van der Waals surface area (Å²) in [6.07, 6.45) is 2.01. The van der Waals surface area contributed by atoms with Crippen molar-refractivity contribution in [3.05, 3.63) is 27.8 Å². The van der Waals surface area contributed by atoms with Crippen LogP contribution in [-0.2, 0) is 10.2 Å². The fourth-order valence-corrected chi connectivity index (χ4v) is 4.19. The summed E-state index contributed by atoms with van der Waals surface area (Å²) in [5.41, 5.74) is 0.615. The van der Waals surface area contributed by atoms with Gasteiger partial charge in [-0.05, 0) is 78.7 Å². The Kier molecular flexibility index (Phi) is 6.27. The normalized spacial score (nSPS) is 20.4. The Morgan fingerprint density at radius 3 is 2.71 bits per heavy atom. The maximum atomic E-state index is 12.5. The largest absolute Gasteiger partial charge is 0.317 e. The van der Waals surface area contributed by atoms with Crippen LogP contribution in [0, 0.1) is 9.49 Å². The smallest absolute Gasteiger partial charge is 0.301 e. The number of benzene rings is 1. The van der Waals surface area contributed by atoms with E-state index in [-0.39, 0.29) is 0 Å². The van der Waals surface area contributed by atoms with Gasteiger partial charge in [-0.3, -0.25) is 4.72 Å². The highest BCUT2D eigenvalue weighted by Crippen LogP contribution is 2.20. The molecule has 1 aliphatic rings. The van der Waals surface area contributed by atoms with E-state index in [0.717, 1.165) is 29.5 Å². The molecule has 118 valence electrons. The molecule has 2 rings (SSSR count). The minimum absolute atomic E-state index is 0.395. The van der Waals surface area contributed by atoms with Crippen molar-refractivity contribution in [1.82, 2.24) is 9.62 Å². The molecule has 5 nitrogen and oxygen atoms in total. The third-order valence-electron chi connectivity index (χ3n) is 3.60. The average molecular weight is 423 g/mol. The van der Waals surface area contributed by atoms with Gasteiger partial charge in [-0.15, -0.1) is 0 Å². The monoisotopic (exact) mass is 423 g/mol. The highest BCUT2D eigenvalue weighted by molar-refractivity contribution is 14.1. The second-order valence-corrected chi connectivity index (χ2v) is 8.20. The molecule has 1 atom stereocenters. The van der Waals surface area contributed by atoms with Crippen LogP contribution in [0.5, 0.6) is 0 Å². The number of anilines is 1. The number of nitrogens with zero attached hydrogens (tertiary/aromatic N) is 1. The zero-order valence-corrected chi connectivity index (χ0v) is 15.2. The van der Waals surface area contributed by atoms with E-state index in [2.05, 4.69) is 39.6 Å². The standard InChI is InChI=1S/C14H22IN3O2S/c1-2-16-10-12-4-3-9-18(11-12)21(19,20)17-14-7-5-13(15)6-8-14/h5-8,12,16-17H,2-4,9-11H2,1H3. The van der Waals surface area contributed by atoms with E-state index in [0.29, 0.717) is 24.7 Å². The van der Waals surface area contributed by atoms with E-state index in [9.17, 15) is 8.42 Å². The summed E-state index contributed by atoms with van der Waals surface area (Å²) in [5, 5.41) is 3.30. The molecule has 1 heterocycles. The lowest BCUT2D eigenvalue weighted by atomic mass is 10.00. The first-order valence-corrected chi connectivity index (χ1v) is 9.77. The molecule has 0 bridgehead atoms. The molecule has 0 aromatic heterocycles. The van der Waals surface area contributed by atoms with Crippen molar-refractivity contribution in [1.29, 1.82) is 0 Å². The molecule has 0 saturated carbocycles. The molecule has 1 fully saturated rings. The third-order valence-corrected chi connectivity index (χ3v) is 5.82. The van der Waals surface area contributed by atoms with Gasteiger partial charge < -0.3 is 5.32 Å². The minimum Gasteiger partial charge on any atom is -0.317 e. The molecule has 1 unspecified atom stereocenters. The van der Waals surface area contributed by atoms with Crippen molar-refractivity contribution in [2.24, 2.45) is 5.92 Å². The van der Waals surface area contributed by atoms with Crippen LogP contribution in [0.25, 0.3) is 0 Å². The predicted octanol–water partition coefficient (Wildman–Crippen LogP) is 2.27. The zero-order chi connectivity index (χ0) is 15.3. The van der Waals surface area contributed by atoms with E-state index >= 15 is 0 Å². The van der Waals surface area contributed by atoms with Gasteiger partial charge >= 0.3 is 10.2 Å². The SMILES string of the molecule is CCNCC1CCCN(S(=O)(=O)Nc2ccc(I)cc2)C1. The first kappa shape index (κ1) is 17.0. The van der Waals surface area contributed by atoms with Crippen molar-refractivity contribution in [3.8, 4) is 0 Å². The fourth-order valence-electron chi connectivity index (χ4n) is 2.49. The maximum Gasteiger partial charge on any atom is 0.301 e. The Bertz CT molecular complexity index is 548. The van der Waals surface area contributed by atoms with Crippen LogP contribution in [0.3, 0.4) is 0 Å². The van der Waals surface area contributed by atoms with E-state index in [1.165, 1.54) is 0 Å². The van der Waals surface area contributed by atoms with Crippen LogP contribution in [0.1, 0.15) is 19.8 Å². The first-order chi connectivity index (χ1) is 10.0. The van der Waals surface area contributed by atoms with Crippen molar-refractivity contribution in [2.45, 2.75) is 19.8 Å². The lowest BCUT2D eigenvalue weighted by Crippen LogP contribution is -2.45. The maximum absolute atomic E-state index is 12.5. The van der Waals surface area contributed by atoms with Crippen LogP contribution in [0.2, 0.25) is 0 Å². The van der Waals surface area contributed by atoms with Crippen LogP contribution < -0.4 is 10.0 Å². The third kappa shape index (κ3) is 5.08. The molecule has 0 radical (unpaired) electrons. The molecule has 1 aliphatic heterocycles. The summed E-state index contributed by atoms with van der Waals surface area (Å²) >= 11 is 2.20. The van der Waals surface area contributed by atoms with Gasteiger partial charge in [0.05, 0.1) is 0 Å². The Morgan fingerprint density at radius 1 is 1.33 bits per heavy atom. The highest BCUT2D eigenvalue weighted by Gasteiger charge is 2.28. The first-order valence-electron chi connectivity index (χ1n) is 7.25. The lowest BCUT2D eigenvalue weighted by Gasteiger charge is -2.32. The molecule has 2 N–H and O–H groups in total. The number of halogens is 1. The minimum atomic E-state index is -3.45. The number of piperidine rings is 1. The van der Waals surface area contributed by atoms with Crippen molar-refractivity contribution in [3.63, 3.8) is 0 Å². The van der Waals surface area contributed by atoms with Crippen LogP contribution >= 0.6 is 22.6 Å². The van der Waals surface area contributed by atoms with E-state index < -0.39 is 10.2 Å². The molecule has 21 heavy (non-hydrogen) atoms. The summed E-state index contributed by atoms with van der Waals surface area (Å²) in [5.74, 6) is 0.395. The zero-order valence-electron chi connectivity index (χ0n) is 12.2. The van der Waals surface area contributed by atoms with Crippen molar-refractivity contribution >= 4 is 38.5 Å². The summed E-state index contributed by atoms with van der Waals surface area (Å²) in [7, 11) is -3.45. The molecule has 0 amide bonds. The van der Waals surface area contributed by atoms with E-state index in [1.807, 2.05) is 12.1 Å². The second kappa shape index (κ2) is 7.75. The number of nitrogens with one attached hydrogen (secondary N) is 2. The van der Waals surface area contributed by atoms with E-state index in [4.69, 9.17) is 0 Å². The second-order valence-electron chi connectivity index (χ2n) is 5.29. The number of hydrogen-bond acceptors (Lipinski definition) is 3. The van der Waals surface area contributed by atoms with Gasteiger partial charge in [-0.2, -0.15) is 12.7 Å². The molecule has 1 aromatic rings. The molecule has 7 heteroatoms. The summed E-state index contributed by atoms with van der Waals surface area (Å²) < 4.78 is 30.2. The molecule has 1 saturated heterocycles. The molecule has 0 aliphatic carbocycles. The summed E-state index contributed by atoms with van der Waals surface area (Å²) in [6, 6.07) is 7.37. The van der Waals surface area contributed by atoms with Crippen LogP contribution in [0.15, 0.2) is 24.3 Å². The number of rotatable bonds is 6. The van der Waals surface area contributed by atoms with Crippen molar-refractivity contribution < 1.29 is 8.42 Å².